The van der Waals surface area contributed by atoms with Crippen LogP contribution in [0.4, 0.5) is 5.95 Å². The quantitative estimate of drug-likeness (QED) is 0.292. The van der Waals surface area contributed by atoms with Gasteiger partial charge in [-0.05, 0) is 12.5 Å². The van der Waals surface area contributed by atoms with Crippen LogP contribution in [0.3, 0.4) is 0 Å². The molecule has 140 valence electrons. The van der Waals surface area contributed by atoms with Crippen LogP contribution in [-0.2, 0) is 4.74 Å². The van der Waals surface area contributed by atoms with Gasteiger partial charge >= 0.3 is 0 Å². The van der Waals surface area contributed by atoms with Crippen LogP contribution in [0.5, 0.6) is 0 Å². The zero-order valence-electron chi connectivity index (χ0n) is 14.6. The first-order valence-electron chi connectivity index (χ1n) is 8.70. The minimum atomic E-state index is 0. The standard InChI is InChI=1S/C16H27N7O.HI/c17-15(22-11-13-24-14-12-22)18-5-2-6-21-7-9-23(10-8-21)16-19-3-1-4-20-16;/h1,3-4H,2,5-14H2,(H2,17,18);1H. The molecule has 0 aliphatic carbocycles. The van der Waals surface area contributed by atoms with Crippen LogP contribution in [0, 0.1) is 0 Å². The molecule has 1 aromatic rings. The van der Waals surface area contributed by atoms with Crippen molar-refractivity contribution in [3.63, 3.8) is 0 Å². The van der Waals surface area contributed by atoms with E-state index in [9.17, 15) is 0 Å². The van der Waals surface area contributed by atoms with Crippen molar-refractivity contribution in [2.75, 3.05) is 70.5 Å². The molecule has 0 bridgehead atoms. The van der Waals surface area contributed by atoms with Crippen molar-refractivity contribution >= 4 is 35.9 Å². The summed E-state index contributed by atoms with van der Waals surface area (Å²) in [6.07, 6.45) is 4.63. The molecule has 0 amide bonds. The number of morpholine rings is 1. The van der Waals surface area contributed by atoms with Crippen LogP contribution in [0.15, 0.2) is 23.5 Å². The van der Waals surface area contributed by atoms with E-state index in [-0.39, 0.29) is 24.0 Å². The minimum absolute atomic E-state index is 0. The van der Waals surface area contributed by atoms with Gasteiger partial charge in [0.25, 0.3) is 0 Å². The smallest absolute Gasteiger partial charge is 0.225 e. The van der Waals surface area contributed by atoms with E-state index in [2.05, 4.69) is 29.7 Å². The number of piperazine rings is 1. The number of rotatable bonds is 5. The number of anilines is 1. The topological polar surface area (TPSA) is 83.1 Å². The fourth-order valence-corrected chi connectivity index (χ4v) is 3.01. The Morgan fingerprint density at radius 2 is 1.76 bits per heavy atom. The molecule has 2 fully saturated rings. The number of halogens is 1. The molecule has 3 rings (SSSR count). The highest BCUT2D eigenvalue weighted by Crippen LogP contribution is 2.09. The van der Waals surface area contributed by atoms with Crippen LogP contribution in [0.1, 0.15) is 6.42 Å². The molecule has 0 atom stereocenters. The molecule has 1 aromatic heterocycles. The minimum Gasteiger partial charge on any atom is -0.378 e. The number of hydrogen-bond donors (Lipinski definition) is 1. The van der Waals surface area contributed by atoms with Crippen molar-refractivity contribution in [3.8, 4) is 0 Å². The van der Waals surface area contributed by atoms with Gasteiger partial charge in [-0.15, -0.1) is 24.0 Å². The summed E-state index contributed by atoms with van der Waals surface area (Å²) in [6.45, 7) is 9.05. The lowest BCUT2D eigenvalue weighted by atomic mass is 10.3. The van der Waals surface area contributed by atoms with Crippen molar-refractivity contribution in [1.29, 1.82) is 0 Å². The van der Waals surface area contributed by atoms with E-state index in [1.54, 1.807) is 12.4 Å². The zero-order valence-corrected chi connectivity index (χ0v) is 16.9. The second-order valence-electron chi connectivity index (χ2n) is 6.07. The summed E-state index contributed by atoms with van der Waals surface area (Å²) >= 11 is 0. The largest absolute Gasteiger partial charge is 0.378 e. The van der Waals surface area contributed by atoms with E-state index < -0.39 is 0 Å². The second kappa shape index (κ2) is 10.7. The summed E-state index contributed by atoms with van der Waals surface area (Å²) in [7, 11) is 0. The lowest BCUT2D eigenvalue weighted by Crippen LogP contribution is -2.47. The second-order valence-corrected chi connectivity index (χ2v) is 6.07. The average molecular weight is 461 g/mol. The highest BCUT2D eigenvalue weighted by atomic mass is 127. The Morgan fingerprint density at radius 3 is 2.44 bits per heavy atom. The van der Waals surface area contributed by atoms with Gasteiger partial charge in [0, 0.05) is 64.8 Å². The summed E-state index contributed by atoms with van der Waals surface area (Å²) in [5, 5.41) is 0. The highest BCUT2D eigenvalue weighted by Gasteiger charge is 2.18. The van der Waals surface area contributed by atoms with Gasteiger partial charge in [-0.25, -0.2) is 9.97 Å². The fraction of sp³-hybridized carbons (Fsp3) is 0.688. The maximum atomic E-state index is 6.04. The number of nitrogens with zero attached hydrogens (tertiary/aromatic N) is 6. The molecular formula is C16H28IN7O. The highest BCUT2D eigenvalue weighted by molar-refractivity contribution is 14.0. The lowest BCUT2D eigenvalue weighted by molar-refractivity contribution is 0.0674. The molecule has 2 aliphatic heterocycles. The van der Waals surface area contributed by atoms with Crippen LogP contribution < -0.4 is 10.6 Å². The molecule has 0 radical (unpaired) electrons. The molecule has 0 aromatic carbocycles. The van der Waals surface area contributed by atoms with Gasteiger partial charge in [0.15, 0.2) is 5.96 Å². The van der Waals surface area contributed by atoms with Gasteiger partial charge in [-0.3, -0.25) is 9.89 Å². The number of nitrogens with two attached hydrogens (primary N) is 1. The first-order chi connectivity index (χ1) is 11.8. The molecule has 25 heavy (non-hydrogen) atoms. The molecule has 3 heterocycles. The van der Waals surface area contributed by atoms with Crippen molar-refractivity contribution in [2.24, 2.45) is 10.7 Å². The zero-order chi connectivity index (χ0) is 16.6. The van der Waals surface area contributed by atoms with Crippen LogP contribution in [-0.4, -0.2) is 91.3 Å². The number of hydrogen-bond acceptors (Lipinski definition) is 6. The van der Waals surface area contributed by atoms with E-state index in [1.165, 1.54) is 0 Å². The molecule has 0 spiro atoms. The van der Waals surface area contributed by atoms with Crippen LogP contribution >= 0.6 is 24.0 Å². The number of aliphatic imine (C=N–C) groups is 1. The summed E-state index contributed by atoms with van der Waals surface area (Å²) in [4.78, 5) is 20.0. The molecule has 2 aliphatic rings. The molecule has 2 N–H and O–H groups in total. The Kier molecular flexibility index (Phi) is 8.62. The molecule has 2 saturated heterocycles. The Balaban J connectivity index is 0.00000225. The van der Waals surface area contributed by atoms with E-state index >= 15 is 0 Å². The normalized spacial score (nSPS) is 19.6. The summed E-state index contributed by atoms with van der Waals surface area (Å²) < 4.78 is 5.32. The molecule has 0 saturated carbocycles. The number of guanidine groups is 1. The van der Waals surface area contributed by atoms with E-state index in [0.29, 0.717) is 5.96 Å². The average Bonchev–Trinajstić information content (AvgIpc) is 2.67. The van der Waals surface area contributed by atoms with E-state index in [0.717, 1.165) is 77.9 Å². The first-order valence-corrected chi connectivity index (χ1v) is 8.70. The van der Waals surface area contributed by atoms with Crippen LogP contribution in [0.2, 0.25) is 0 Å². The Labute approximate surface area is 166 Å². The summed E-state index contributed by atoms with van der Waals surface area (Å²) in [6, 6.07) is 1.85. The number of aromatic nitrogens is 2. The SMILES string of the molecule is I.NC(=NCCCN1CCN(c2ncccn2)CC1)N1CCOCC1. The molecule has 9 heteroatoms. The first kappa shape index (κ1) is 20.1. The monoisotopic (exact) mass is 461 g/mol. The van der Waals surface area contributed by atoms with Crippen molar-refractivity contribution in [1.82, 2.24) is 19.8 Å². The van der Waals surface area contributed by atoms with Gasteiger partial charge in [0.2, 0.25) is 5.95 Å². The Morgan fingerprint density at radius 1 is 1.08 bits per heavy atom. The van der Waals surface area contributed by atoms with Gasteiger partial charge in [-0.2, -0.15) is 0 Å². The van der Waals surface area contributed by atoms with Crippen molar-refractivity contribution < 1.29 is 4.74 Å². The predicted molar refractivity (Wildman–Crippen MR) is 110 cm³/mol. The Hall–Kier alpha value is -1.20. The number of ether oxygens (including phenoxy) is 1. The maximum absolute atomic E-state index is 6.04. The van der Waals surface area contributed by atoms with Gasteiger partial charge < -0.3 is 20.3 Å². The Bertz CT molecular complexity index is 516. The predicted octanol–water partition coefficient (Wildman–Crippen LogP) is 0.254. The third-order valence-corrected chi connectivity index (χ3v) is 4.45. The third-order valence-electron chi connectivity index (χ3n) is 4.45. The lowest BCUT2D eigenvalue weighted by Gasteiger charge is -2.34. The van der Waals surface area contributed by atoms with Gasteiger partial charge in [0.05, 0.1) is 13.2 Å². The summed E-state index contributed by atoms with van der Waals surface area (Å²) in [5.74, 6) is 1.49. The molecule has 8 nitrogen and oxygen atoms in total. The maximum Gasteiger partial charge on any atom is 0.225 e. The fourth-order valence-electron chi connectivity index (χ4n) is 3.01. The summed E-state index contributed by atoms with van der Waals surface area (Å²) in [5.41, 5.74) is 6.04. The van der Waals surface area contributed by atoms with E-state index in [1.807, 2.05) is 6.07 Å². The van der Waals surface area contributed by atoms with Crippen LogP contribution in [0.25, 0.3) is 0 Å². The van der Waals surface area contributed by atoms with Crippen molar-refractivity contribution in [3.05, 3.63) is 18.5 Å². The van der Waals surface area contributed by atoms with E-state index in [4.69, 9.17) is 10.5 Å². The molecular weight excluding hydrogens is 433 g/mol. The third kappa shape index (κ3) is 6.23. The van der Waals surface area contributed by atoms with Gasteiger partial charge in [0.1, 0.15) is 0 Å². The van der Waals surface area contributed by atoms with Gasteiger partial charge in [-0.1, -0.05) is 0 Å². The van der Waals surface area contributed by atoms with Crippen molar-refractivity contribution in [2.45, 2.75) is 6.42 Å². The molecule has 0 unspecified atom stereocenters.